The number of phenols is 1. The molecule has 5 nitrogen and oxygen atoms in total. The van der Waals surface area contributed by atoms with E-state index >= 15 is 0 Å². The van der Waals surface area contributed by atoms with Gasteiger partial charge in [-0.2, -0.15) is 0 Å². The number of phenolic OH excluding ortho intramolecular Hbond substituents is 1. The average molecular weight is 369 g/mol. The first-order chi connectivity index (χ1) is 13.3. The van der Waals surface area contributed by atoms with Crippen molar-refractivity contribution < 1.29 is 19.5 Å². The summed E-state index contributed by atoms with van der Waals surface area (Å²) in [4.78, 5) is 6.11. The molecule has 0 aliphatic carbocycles. The van der Waals surface area contributed by atoms with Gasteiger partial charge in [0.15, 0.2) is 0 Å². The number of morpholine rings is 1. The molecule has 0 aromatic heterocycles. The molecule has 0 radical (unpaired) electrons. The predicted molar refractivity (Wildman–Crippen MR) is 107 cm³/mol. The van der Waals surface area contributed by atoms with E-state index in [4.69, 9.17) is 9.47 Å². The third-order valence-corrected chi connectivity index (χ3v) is 4.73. The fourth-order valence-electron chi connectivity index (χ4n) is 3.18. The van der Waals surface area contributed by atoms with Crippen LogP contribution in [-0.2, 0) is 17.8 Å². The van der Waals surface area contributed by atoms with E-state index in [1.165, 1.54) is 11.1 Å². The van der Waals surface area contributed by atoms with Crippen molar-refractivity contribution in [1.82, 2.24) is 0 Å². The highest BCUT2D eigenvalue weighted by atomic mass is 16.5. The van der Waals surface area contributed by atoms with E-state index in [1.54, 1.807) is 17.2 Å². The van der Waals surface area contributed by atoms with Crippen LogP contribution in [0.5, 0.6) is 11.5 Å². The van der Waals surface area contributed by atoms with Crippen LogP contribution < -0.4 is 9.64 Å². The first-order valence-corrected chi connectivity index (χ1v) is 9.70. The zero-order chi connectivity index (χ0) is 18.9. The predicted octanol–water partition coefficient (Wildman–Crippen LogP) is 2.22. The Kier molecular flexibility index (Phi) is 7.25. The Bertz CT molecular complexity index is 755. The normalized spacial score (nSPS) is 15.3. The zero-order valence-electron chi connectivity index (χ0n) is 16.0. The Morgan fingerprint density at radius 1 is 1.15 bits per heavy atom. The molecule has 0 bridgehead atoms. The fourth-order valence-corrected chi connectivity index (χ4v) is 3.18. The Balaban J connectivity index is 1.62. The summed E-state index contributed by atoms with van der Waals surface area (Å²) < 4.78 is 11.0. The van der Waals surface area contributed by atoms with Gasteiger partial charge in [0.25, 0.3) is 0 Å². The molecule has 5 heteroatoms. The lowest BCUT2D eigenvalue weighted by molar-refractivity contribution is -0.921. The number of ether oxygens (including phenoxy) is 2. The van der Waals surface area contributed by atoms with Crippen molar-refractivity contribution in [3.8, 4) is 11.5 Å². The number of quaternary nitrogens is 1. The summed E-state index contributed by atoms with van der Waals surface area (Å²) in [5.74, 6) is 0.878. The van der Waals surface area contributed by atoms with Crippen LogP contribution in [0.25, 0.3) is 0 Å². The summed E-state index contributed by atoms with van der Waals surface area (Å²) in [6.07, 6.45) is 2.67. The van der Waals surface area contributed by atoms with Gasteiger partial charge in [-0.25, -0.2) is 0 Å². The maximum atomic E-state index is 10.2. The SMILES string of the molecule is CCCOc1ccc(C=NCc2ccccc2C[NH+]2CCOCC2)c(O)c1. The second-order valence-corrected chi connectivity index (χ2v) is 6.85. The van der Waals surface area contributed by atoms with Gasteiger partial charge < -0.3 is 19.5 Å². The summed E-state index contributed by atoms with van der Waals surface area (Å²) >= 11 is 0. The summed E-state index contributed by atoms with van der Waals surface area (Å²) in [6.45, 7) is 8.10. The molecule has 144 valence electrons. The molecule has 27 heavy (non-hydrogen) atoms. The maximum absolute atomic E-state index is 10.2. The Morgan fingerprint density at radius 3 is 2.67 bits per heavy atom. The average Bonchev–Trinajstić information content (AvgIpc) is 2.70. The highest BCUT2D eigenvalue weighted by Crippen LogP contribution is 2.22. The van der Waals surface area contributed by atoms with Crippen molar-refractivity contribution in [1.29, 1.82) is 0 Å². The number of nitrogens with one attached hydrogen (secondary N) is 1. The molecule has 2 aromatic rings. The summed E-state index contributed by atoms with van der Waals surface area (Å²) in [7, 11) is 0. The Hall–Kier alpha value is -2.37. The minimum absolute atomic E-state index is 0.193. The molecular weight excluding hydrogens is 340 g/mol. The number of rotatable bonds is 8. The van der Waals surface area contributed by atoms with E-state index in [-0.39, 0.29) is 5.75 Å². The van der Waals surface area contributed by atoms with Crippen LogP contribution in [0.4, 0.5) is 0 Å². The van der Waals surface area contributed by atoms with Crippen molar-refractivity contribution in [2.75, 3.05) is 32.9 Å². The molecule has 3 rings (SSSR count). The topological polar surface area (TPSA) is 55.5 Å². The second-order valence-electron chi connectivity index (χ2n) is 6.85. The molecule has 0 saturated carbocycles. The van der Waals surface area contributed by atoms with E-state index in [2.05, 4.69) is 36.2 Å². The molecular formula is C22H29N2O3+. The number of aliphatic imine (C=N–C) groups is 1. The van der Waals surface area contributed by atoms with E-state index in [0.717, 1.165) is 39.3 Å². The zero-order valence-corrected chi connectivity index (χ0v) is 16.0. The summed E-state index contributed by atoms with van der Waals surface area (Å²) in [5, 5.41) is 10.2. The molecule has 0 atom stereocenters. The van der Waals surface area contributed by atoms with Gasteiger partial charge in [-0.05, 0) is 24.1 Å². The van der Waals surface area contributed by atoms with Crippen LogP contribution in [-0.4, -0.2) is 44.2 Å². The molecule has 0 unspecified atom stereocenters. The smallest absolute Gasteiger partial charge is 0.128 e. The van der Waals surface area contributed by atoms with Gasteiger partial charge in [0, 0.05) is 23.4 Å². The van der Waals surface area contributed by atoms with Gasteiger partial charge in [0.2, 0.25) is 0 Å². The lowest BCUT2D eigenvalue weighted by Gasteiger charge is -2.24. The van der Waals surface area contributed by atoms with Crippen molar-refractivity contribution in [3.63, 3.8) is 0 Å². The highest BCUT2D eigenvalue weighted by molar-refractivity contribution is 5.83. The van der Waals surface area contributed by atoms with Crippen molar-refractivity contribution in [3.05, 3.63) is 59.2 Å². The van der Waals surface area contributed by atoms with Crippen LogP contribution in [0.3, 0.4) is 0 Å². The standard InChI is InChI=1S/C22H28N2O3/c1-2-11-27-21-8-7-19(22(25)14-21)16-23-15-18-5-3-4-6-20(18)17-24-9-12-26-13-10-24/h3-8,14,16,25H,2,9-13,15,17H2,1H3/p+1. The Labute approximate surface area is 161 Å². The summed E-state index contributed by atoms with van der Waals surface area (Å²) in [5.41, 5.74) is 3.27. The molecule has 2 N–H and O–H groups in total. The molecule has 1 saturated heterocycles. The number of benzene rings is 2. The first-order valence-electron chi connectivity index (χ1n) is 9.70. The van der Waals surface area contributed by atoms with Crippen molar-refractivity contribution in [2.45, 2.75) is 26.4 Å². The van der Waals surface area contributed by atoms with Crippen LogP contribution in [0.2, 0.25) is 0 Å². The molecule has 2 aromatic carbocycles. The number of nitrogens with zero attached hydrogens (tertiary/aromatic N) is 1. The number of hydrogen-bond donors (Lipinski definition) is 2. The molecule has 1 aliphatic rings. The van der Waals surface area contributed by atoms with E-state index in [0.29, 0.717) is 24.5 Å². The molecule has 1 heterocycles. The third-order valence-electron chi connectivity index (χ3n) is 4.73. The minimum atomic E-state index is 0.193. The van der Waals surface area contributed by atoms with Gasteiger partial charge in [-0.1, -0.05) is 31.2 Å². The van der Waals surface area contributed by atoms with Gasteiger partial charge in [-0.3, -0.25) is 4.99 Å². The maximum Gasteiger partial charge on any atom is 0.128 e. The van der Waals surface area contributed by atoms with Gasteiger partial charge in [0.1, 0.15) is 31.1 Å². The second kappa shape index (κ2) is 10.1. The van der Waals surface area contributed by atoms with Crippen LogP contribution in [0, 0.1) is 0 Å². The van der Waals surface area contributed by atoms with Crippen LogP contribution >= 0.6 is 0 Å². The van der Waals surface area contributed by atoms with E-state index in [1.807, 2.05) is 12.1 Å². The lowest BCUT2D eigenvalue weighted by Crippen LogP contribution is -3.12. The summed E-state index contributed by atoms with van der Waals surface area (Å²) in [6, 6.07) is 13.8. The van der Waals surface area contributed by atoms with Gasteiger partial charge in [-0.15, -0.1) is 0 Å². The monoisotopic (exact) mass is 369 g/mol. The fraction of sp³-hybridized carbons (Fsp3) is 0.409. The molecule has 0 spiro atoms. The molecule has 0 amide bonds. The lowest BCUT2D eigenvalue weighted by atomic mass is 10.1. The van der Waals surface area contributed by atoms with E-state index < -0.39 is 0 Å². The number of hydrogen-bond acceptors (Lipinski definition) is 4. The largest absolute Gasteiger partial charge is 0.507 e. The third kappa shape index (κ3) is 5.81. The van der Waals surface area contributed by atoms with Crippen LogP contribution in [0.15, 0.2) is 47.5 Å². The first kappa shape index (κ1) is 19.4. The van der Waals surface area contributed by atoms with E-state index in [9.17, 15) is 5.11 Å². The van der Waals surface area contributed by atoms with Crippen LogP contribution in [0.1, 0.15) is 30.0 Å². The van der Waals surface area contributed by atoms with Gasteiger partial charge in [0.05, 0.1) is 26.4 Å². The Morgan fingerprint density at radius 2 is 1.93 bits per heavy atom. The number of aromatic hydroxyl groups is 1. The van der Waals surface area contributed by atoms with Gasteiger partial charge >= 0.3 is 0 Å². The van der Waals surface area contributed by atoms with Crippen molar-refractivity contribution >= 4 is 6.21 Å². The molecule has 1 fully saturated rings. The molecule has 1 aliphatic heterocycles. The van der Waals surface area contributed by atoms with Crippen molar-refractivity contribution in [2.24, 2.45) is 4.99 Å². The minimum Gasteiger partial charge on any atom is -0.507 e. The quantitative estimate of drug-likeness (QED) is 0.702. The highest BCUT2D eigenvalue weighted by Gasteiger charge is 2.15.